The van der Waals surface area contributed by atoms with E-state index in [0.29, 0.717) is 16.9 Å². The fourth-order valence-corrected chi connectivity index (χ4v) is 1.69. The van der Waals surface area contributed by atoms with Gasteiger partial charge >= 0.3 is 0 Å². The first kappa shape index (κ1) is 14.0. The van der Waals surface area contributed by atoms with Gasteiger partial charge in [-0.3, -0.25) is 0 Å². The molecule has 0 saturated carbocycles. The minimum atomic E-state index is -0.642. The molecule has 1 N–H and O–H groups in total. The van der Waals surface area contributed by atoms with E-state index in [4.69, 9.17) is 9.84 Å². The van der Waals surface area contributed by atoms with Gasteiger partial charge < -0.3 is 9.84 Å². The van der Waals surface area contributed by atoms with E-state index in [1.165, 1.54) is 12.1 Å². The Kier molecular flexibility index (Phi) is 4.70. The molecule has 2 aromatic carbocycles. The van der Waals surface area contributed by atoms with Crippen LogP contribution < -0.4 is 4.74 Å². The van der Waals surface area contributed by atoms with Crippen molar-refractivity contribution in [2.75, 3.05) is 6.61 Å². The number of benzene rings is 2. The molecule has 0 radical (unpaired) electrons. The molecule has 0 amide bonds. The van der Waals surface area contributed by atoms with Gasteiger partial charge in [-0.1, -0.05) is 24.0 Å². The molecule has 0 aliphatic rings. The average molecular weight is 274 g/mol. The summed E-state index contributed by atoms with van der Waals surface area (Å²) in [5.41, 5.74) is 1.01. The molecule has 20 heavy (non-hydrogen) atoms. The second kappa shape index (κ2) is 6.69. The lowest BCUT2D eigenvalue weighted by Crippen LogP contribution is -1.98. The van der Waals surface area contributed by atoms with E-state index >= 15 is 0 Å². The Morgan fingerprint density at radius 3 is 2.45 bits per heavy atom. The van der Waals surface area contributed by atoms with Crippen molar-refractivity contribution in [1.29, 1.82) is 0 Å². The van der Waals surface area contributed by atoms with Crippen molar-refractivity contribution in [3.8, 4) is 17.6 Å². The van der Waals surface area contributed by atoms with E-state index in [-0.39, 0.29) is 13.2 Å². The van der Waals surface area contributed by atoms with E-state index in [1.54, 1.807) is 24.3 Å². The van der Waals surface area contributed by atoms with Crippen molar-refractivity contribution < 1.29 is 18.6 Å². The first-order chi connectivity index (χ1) is 9.69. The molecule has 0 saturated heterocycles. The highest BCUT2D eigenvalue weighted by molar-refractivity contribution is 5.46. The molecule has 2 rings (SSSR count). The van der Waals surface area contributed by atoms with Crippen molar-refractivity contribution in [3.05, 3.63) is 65.2 Å². The molecule has 102 valence electrons. The summed E-state index contributed by atoms with van der Waals surface area (Å²) in [6, 6.07) is 10.2. The van der Waals surface area contributed by atoms with Crippen LogP contribution in [0.5, 0.6) is 5.75 Å². The van der Waals surface area contributed by atoms with Crippen molar-refractivity contribution in [2.24, 2.45) is 0 Å². The van der Waals surface area contributed by atoms with Crippen LogP contribution in [0.15, 0.2) is 42.5 Å². The number of aliphatic hydroxyl groups excluding tert-OH is 1. The van der Waals surface area contributed by atoms with Gasteiger partial charge in [0.15, 0.2) is 0 Å². The van der Waals surface area contributed by atoms with Crippen molar-refractivity contribution in [1.82, 2.24) is 0 Å². The van der Waals surface area contributed by atoms with Gasteiger partial charge in [-0.25, -0.2) is 8.78 Å². The Bertz CT molecular complexity index is 637. The summed E-state index contributed by atoms with van der Waals surface area (Å²) in [6.07, 6.45) is 0. The minimum absolute atomic E-state index is 0.0342. The standard InChI is InChI=1S/C16H12F2O2/c17-14-8-12(9-15(18)10-14)11-20-16-6-2-1-4-13(16)5-3-7-19/h1-2,4,6,8-10,19H,7,11H2. The number of rotatable bonds is 3. The van der Waals surface area contributed by atoms with E-state index in [1.807, 2.05) is 0 Å². The second-order valence-electron chi connectivity index (χ2n) is 4.02. The van der Waals surface area contributed by atoms with Gasteiger partial charge in [0, 0.05) is 6.07 Å². The summed E-state index contributed by atoms with van der Waals surface area (Å²) >= 11 is 0. The van der Waals surface area contributed by atoms with Gasteiger partial charge in [-0.2, -0.15) is 0 Å². The van der Waals surface area contributed by atoms with Crippen LogP contribution in [0.4, 0.5) is 8.78 Å². The zero-order valence-corrected chi connectivity index (χ0v) is 10.6. The first-order valence-electron chi connectivity index (χ1n) is 5.95. The molecule has 0 aliphatic carbocycles. The predicted molar refractivity (Wildman–Crippen MR) is 71.1 cm³/mol. The van der Waals surface area contributed by atoms with Crippen LogP contribution >= 0.6 is 0 Å². The molecule has 0 aromatic heterocycles. The SMILES string of the molecule is OCC#Cc1ccccc1OCc1cc(F)cc(F)c1. The maximum atomic E-state index is 13.1. The van der Waals surface area contributed by atoms with Crippen LogP contribution in [-0.2, 0) is 6.61 Å². The number of hydrogen-bond donors (Lipinski definition) is 1. The number of halogens is 2. The minimum Gasteiger partial charge on any atom is -0.488 e. The number of para-hydroxylation sites is 1. The fourth-order valence-electron chi connectivity index (χ4n) is 1.69. The molecule has 2 nitrogen and oxygen atoms in total. The molecule has 0 aliphatic heterocycles. The lowest BCUT2D eigenvalue weighted by molar-refractivity contribution is 0.304. The third-order valence-corrected chi connectivity index (χ3v) is 2.51. The van der Waals surface area contributed by atoms with Crippen molar-refractivity contribution in [3.63, 3.8) is 0 Å². The summed E-state index contributed by atoms with van der Waals surface area (Å²) in [4.78, 5) is 0. The maximum absolute atomic E-state index is 13.1. The Hall–Kier alpha value is -2.38. The van der Waals surface area contributed by atoms with Crippen LogP contribution in [-0.4, -0.2) is 11.7 Å². The van der Waals surface area contributed by atoms with Gasteiger partial charge in [0.1, 0.15) is 30.6 Å². The summed E-state index contributed by atoms with van der Waals surface area (Å²) < 4.78 is 31.6. The zero-order chi connectivity index (χ0) is 14.4. The van der Waals surface area contributed by atoms with Gasteiger partial charge in [0.05, 0.1) is 5.56 Å². The molecular weight excluding hydrogens is 262 g/mol. The fraction of sp³-hybridized carbons (Fsp3) is 0.125. The molecular formula is C16H12F2O2. The third-order valence-electron chi connectivity index (χ3n) is 2.51. The number of ether oxygens (including phenoxy) is 1. The monoisotopic (exact) mass is 274 g/mol. The third kappa shape index (κ3) is 3.81. The van der Waals surface area contributed by atoms with Crippen molar-refractivity contribution in [2.45, 2.75) is 6.61 Å². The first-order valence-corrected chi connectivity index (χ1v) is 5.95. The van der Waals surface area contributed by atoms with E-state index in [9.17, 15) is 8.78 Å². The van der Waals surface area contributed by atoms with Crippen LogP contribution in [0.25, 0.3) is 0 Å². The van der Waals surface area contributed by atoms with Crippen LogP contribution in [0, 0.1) is 23.5 Å². The summed E-state index contributed by atoms with van der Waals surface area (Å²) in [6.45, 7) is -0.212. The predicted octanol–water partition coefficient (Wildman–Crippen LogP) is 2.89. The van der Waals surface area contributed by atoms with E-state index < -0.39 is 11.6 Å². The molecule has 4 heteroatoms. The van der Waals surface area contributed by atoms with Gasteiger partial charge in [0.2, 0.25) is 0 Å². The highest BCUT2D eigenvalue weighted by Crippen LogP contribution is 2.19. The Balaban J connectivity index is 2.14. The smallest absolute Gasteiger partial charge is 0.135 e. The summed E-state index contributed by atoms with van der Waals surface area (Å²) in [5, 5.41) is 8.69. The normalized spacial score (nSPS) is 9.75. The highest BCUT2D eigenvalue weighted by Gasteiger charge is 2.04. The second-order valence-corrected chi connectivity index (χ2v) is 4.02. The van der Waals surface area contributed by atoms with Crippen LogP contribution in [0.2, 0.25) is 0 Å². The molecule has 0 fully saturated rings. The van der Waals surface area contributed by atoms with E-state index in [0.717, 1.165) is 6.07 Å². The van der Waals surface area contributed by atoms with Crippen LogP contribution in [0.1, 0.15) is 11.1 Å². The lowest BCUT2D eigenvalue weighted by Gasteiger charge is -2.08. The molecule has 0 unspecified atom stereocenters. The zero-order valence-electron chi connectivity index (χ0n) is 10.6. The quantitative estimate of drug-likeness (QED) is 0.872. The largest absolute Gasteiger partial charge is 0.488 e. The lowest BCUT2D eigenvalue weighted by atomic mass is 10.2. The maximum Gasteiger partial charge on any atom is 0.135 e. The average Bonchev–Trinajstić information content (AvgIpc) is 2.43. The van der Waals surface area contributed by atoms with E-state index in [2.05, 4.69) is 11.8 Å². The molecule has 0 atom stereocenters. The highest BCUT2D eigenvalue weighted by atomic mass is 19.1. The topological polar surface area (TPSA) is 29.5 Å². The van der Waals surface area contributed by atoms with Crippen molar-refractivity contribution >= 4 is 0 Å². The van der Waals surface area contributed by atoms with Gasteiger partial charge in [0.25, 0.3) is 0 Å². The van der Waals surface area contributed by atoms with Gasteiger partial charge in [-0.05, 0) is 29.8 Å². The molecule has 2 aromatic rings. The summed E-state index contributed by atoms with van der Waals surface area (Å²) in [7, 11) is 0. The Labute approximate surface area is 115 Å². The molecule has 0 bridgehead atoms. The Morgan fingerprint density at radius 1 is 1.05 bits per heavy atom. The van der Waals surface area contributed by atoms with Gasteiger partial charge in [-0.15, -0.1) is 0 Å². The summed E-state index contributed by atoms with van der Waals surface area (Å²) in [5.74, 6) is 4.49. The Morgan fingerprint density at radius 2 is 1.75 bits per heavy atom. The molecule has 0 spiro atoms. The van der Waals surface area contributed by atoms with Crippen LogP contribution in [0.3, 0.4) is 0 Å². The molecule has 0 heterocycles. The number of hydrogen-bond acceptors (Lipinski definition) is 2. The number of aliphatic hydroxyl groups is 1.